The zero-order chi connectivity index (χ0) is 10.1. The Bertz CT molecular complexity index is 232. The molecule has 0 aromatic heterocycles. The number of hydrogen-bond acceptors (Lipinski definition) is 2. The fourth-order valence-electron chi connectivity index (χ4n) is 1.32. The topological polar surface area (TPSA) is 29.6 Å². The predicted molar refractivity (Wildman–Crippen MR) is 52.3 cm³/mol. The van der Waals surface area contributed by atoms with Crippen LogP contribution in [-0.2, 0) is 9.53 Å². The van der Waals surface area contributed by atoms with Crippen LogP contribution in [0.4, 0.5) is 0 Å². The quantitative estimate of drug-likeness (QED) is 0.483. The standard InChI is InChI=1S/C11H18O2/c1-8(2)9(3)6-5-7-11(4)10(12)13-11/h9H,1,5-7H2,2-4H3. The highest BCUT2D eigenvalue weighted by Gasteiger charge is 2.52. The van der Waals surface area contributed by atoms with Crippen molar-refractivity contribution in [1.82, 2.24) is 0 Å². The second-order valence-corrected chi connectivity index (χ2v) is 4.26. The van der Waals surface area contributed by atoms with E-state index in [1.165, 1.54) is 5.57 Å². The van der Waals surface area contributed by atoms with E-state index in [0.29, 0.717) is 5.92 Å². The molecule has 0 aromatic rings. The van der Waals surface area contributed by atoms with Crippen LogP contribution in [0.3, 0.4) is 0 Å². The first-order chi connectivity index (χ1) is 5.96. The van der Waals surface area contributed by atoms with Gasteiger partial charge >= 0.3 is 5.97 Å². The Morgan fingerprint density at radius 2 is 2.23 bits per heavy atom. The van der Waals surface area contributed by atoms with E-state index in [1.807, 2.05) is 13.8 Å². The monoisotopic (exact) mass is 182 g/mol. The van der Waals surface area contributed by atoms with Crippen LogP contribution >= 0.6 is 0 Å². The average molecular weight is 182 g/mol. The number of carbonyl (C=O) groups is 1. The second-order valence-electron chi connectivity index (χ2n) is 4.26. The number of hydrogen-bond donors (Lipinski definition) is 0. The number of carbonyl (C=O) groups excluding carboxylic acids is 1. The van der Waals surface area contributed by atoms with Gasteiger partial charge in [-0.15, -0.1) is 0 Å². The van der Waals surface area contributed by atoms with E-state index in [4.69, 9.17) is 4.74 Å². The lowest BCUT2D eigenvalue weighted by molar-refractivity contribution is -0.117. The molecule has 0 spiro atoms. The Morgan fingerprint density at radius 1 is 1.69 bits per heavy atom. The summed E-state index contributed by atoms with van der Waals surface area (Å²) < 4.78 is 4.89. The molecule has 0 radical (unpaired) electrons. The van der Waals surface area contributed by atoms with E-state index in [0.717, 1.165) is 19.3 Å². The summed E-state index contributed by atoms with van der Waals surface area (Å²) in [6.45, 7) is 9.98. The van der Waals surface area contributed by atoms with Crippen molar-refractivity contribution in [2.75, 3.05) is 0 Å². The Morgan fingerprint density at radius 3 is 2.62 bits per heavy atom. The third kappa shape index (κ3) is 2.58. The molecule has 0 bridgehead atoms. The molecule has 0 aliphatic carbocycles. The van der Waals surface area contributed by atoms with Crippen LogP contribution in [0.15, 0.2) is 12.2 Å². The fourth-order valence-corrected chi connectivity index (χ4v) is 1.32. The van der Waals surface area contributed by atoms with E-state index >= 15 is 0 Å². The second kappa shape index (κ2) is 3.52. The summed E-state index contributed by atoms with van der Waals surface area (Å²) in [6.07, 6.45) is 2.99. The van der Waals surface area contributed by atoms with Crippen LogP contribution in [0.5, 0.6) is 0 Å². The van der Waals surface area contributed by atoms with Gasteiger partial charge in [0.25, 0.3) is 0 Å². The lowest BCUT2D eigenvalue weighted by atomic mass is 9.95. The fraction of sp³-hybridized carbons (Fsp3) is 0.727. The van der Waals surface area contributed by atoms with Gasteiger partial charge in [-0.1, -0.05) is 19.1 Å². The molecule has 1 heterocycles. The maximum atomic E-state index is 10.8. The largest absolute Gasteiger partial charge is 0.444 e. The summed E-state index contributed by atoms with van der Waals surface area (Å²) >= 11 is 0. The molecule has 1 aliphatic heterocycles. The van der Waals surface area contributed by atoms with Crippen LogP contribution in [-0.4, -0.2) is 11.6 Å². The van der Waals surface area contributed by atoms with E-state index < -0.39 is 5.60 Å². The highest BCUT2D eigenvalue weighted by Crippen LogP contribution is 2.34. The molecule has 1 aliphatic rings. The third-order valence-electron chi connectivity index (χ3n) is 2.84. The molecule has 13 heavy (non-hydrogen) atoms. The van der Waals surface area contributed by atoms with Crippen LogP contribution < -0.4 is 0 Å². The van der Waals surface area contributed by atoms with Crippen LogP contribution in [0, 0.1) is 5.92 Å². The lowest BCUT2D eigenvalue weighted by Crippen LogP contribution is -2.07. The molecule has 74 valence electrons. The number of ether oxygens (including phenoxy) is 1. The van der Waals surface area contributed by atoms with Crippen LogP contribution in [0.1, 0.15) is 40.0 Å². The van der Waals surface area contributed by atoms with Crippen molar-refractivity contribution in [3.05, 3.63) is 12.2 Å². The third-order valence-corrected chi connectivity index (χ3v) is 2.84. The Balaban J connectivity index is 2.15. The summed E-state index contributed by atoms with van der Waals surface area (Å²) in [6, 6.07) is 0. The van der Waals surface area contributed by atoms with Crippen LogP contribution in [0.2, 0.25) is 0 Å². The molecule has 0 N–H and O–H groups in total. The minimum absolute atomic E-state index is 0.0459. The summed E-state index contributed by atoms with van der Waals surface area (Å²) in [4.78, 5) is 10.8. The highest BCUT2D eigenvalue weighted by atomic mass is 16.7. The molecule has 2 unspecified atom stereocenters. The Labute approximate surface area is 80.0 Å². The molecule has 2 atom stereocenters. The molecule has 0 aromatic carbocycles. The van der Waals surface area contributed by atoms with Crippen molar-refractivity contribution < 1.29 is 9.53 Å². The van der Waals surface area contributed by atoms with Gasteiger partial charge in [-0.2, -0.15) is 0 Å². The van der Waals surface area contributed by atoms with E-state index in [9.17, 15) is 4.79 Å². The SMILES string of the molecule is C=C(C)C(C)CCCC1(C)OC1=O. The first kappa shape index (κ1) is 10.3. The maximum absolute atomic E-state index is 10.8. The summed E-state index contributed by atoms with van der Waals surface area (Å²) in [5.74, 6) is 0.507. The molecule has 2 heteroatoms. The smallest absolute Gasteiger partial charge is 0.351 e. The molecular weight excluding hydrogens is 164 g/mol. The molecule has 1 fully saturated rings. The van der Waals surface area contributed by atoms with Crippen molar-refractivity contribution in [1.29, 1.82) is 0 Å². The zero-order valence-corrected chi connectivity index (χ0v) is 8.72. The number of allylic oxidation sites excluding steroid dienone is 1. The van der Waals surface area contributed by atoms with Gasteiger partial charge < -0.3 is 4.74 Å². The molecule has 0 amide bonds. The van der Waals surface area contributed by atoms with Crippen molar-refractivity contribution in [3.63, 3.8) is 0 Å². The molecule has 2 nitrogen and oxygen atoms in total. The number of rotatable bonds is 5. The van der Waals surface area contributed by atoms with Crippen molar-refractivity contribution >= 4 is 5.97 Å². The average Bonchev–Trinajstić information content (AvgIpc) is 2.59. The Hall–Kier alpha value is -0.790. The molecule has 1 rings (SSSR count). The van der Waals surface area contributed by atoms with E-state index in [1.54, 1.807) is 0 Å². The van der Waals surface area contributed by atoms with Gasteiger partial charge in [-0.25, -0.2) is 4.79 Å². The summed E-state index contributed by atoms with van der Waals surface area (Å²) in [5, 5.41) is 0. The van der Waals surface area contributed by atoms with E-state index in [-0.39, 0.29) is 5.97 Å². The summed E-state index contributed by atoms with van der Waals surface area (Å²) in [5.41, 5.74) is 0.780. The van der Waals surface area contributed by atoms with Crippen molar-refractivity contribution in [2.45, 2.75) is 45.6 Å². The number of cyclic esters (lactones) is 1. The minimum Gasteiger partial charge on any atom is -0.444 e. The van der Waals surface area contributed by atoms with Crippen LogP contribution in [0.25, 0.3) is 0 Å². The Kier molecular flexibility index (Phi) is 2.79. The van der Waals surface area contributed by atoms with E-state index in [2.05, 4.69) is 13.5 Å². The summed E-state index contributed by atoms with van der Waals surface area (Å²) in [7, 11) is 0. The highest BCUT2D eigenvalue weighted by molar-refractivity contribution is 5.92. The molecule has 0 saturated carbocycles. The molecule has 1 saturated heterocycles. The van der Waals surface area contributed by atoms with Crippen molar-refractivity contribution in [2.24, 2.45) is 5.92 Å². The van der Waals surface area contributed by atoms with Gasteiger partial charge in [0.15, 0.2) is 0 Å². The number of epoxide rings is 1. The van der Waals surface area contributed by atoms with Crippen molar-refractivity contribution in [3.8, 4) is 0 Å². The van der Waals surface area contributed by atoms with Gasteiger partial charge in [0, 0.05) is 0 Å². The van der Waals surface area contributed by atoms with Gasteiger partial charge in [0.1, 0.15) is 0 Å². The van der Waals surface area contributed by atoms with Gasteiger partial charge in [0.05, 0.1) is 0 Å². The van der Waals surface area contributed by atoms with Gasteiger partial charge in [-0.05, 0) is 39.0 Å². The zero-order valence-electron chi connectivity index (χ0n) is 8.72. The first-order valence-corrected chi connectivity index (χ1v) is 4.84. The molecular formula is C11H18O2. The normalized spacial score (nSPS) is 28.1. The lowest BCUT2D eigenvalue weighted by Gasteiger charge is -2.10. The maximum Gasteiger partial charge on any atom is 0.351 e. The van der Waals surface area contributed by atoms with Gasteiger partial charge in [0.2, 0.25) is 5.60 Å². The van der Waals surface area contributed by atoms with Gasteiger partial charge in [-0.3, -0.25) is 0 Å². The predicted octanol–water partition coefficient (Wildman–Crippen LogP) is 2.68. The first-order valence-electron chi connectivity index (χ1n) is 4.84. The minimum atomic E-state index is -0.436.